The van der Waals surface area contributed by atoms with Crippen molar-refractivity contribution in [3.05, 3.63) is 24.3 Å². The molecule has 0 unspecified atom stereocenters. The standard InChI is InChI=1S/C16H23NO3/c1-2-19-11-12-20-15-9-7-14(8-10-15)17-16(18)13-5-3-4-6-13/h7-10,13H,2-6,11-12H2,1H3,(H,17,18). The highest BCUT2D eigenvalue weighted by Gasteiger charge is 2.22. The second-order valence-electron chi connectivity index (χ2n) is 5.04. The lowest BCUT2D eigenvalue weighted by molar-refractivity contribution is -0.119. The lowest BCUT2D eigenvalue weighted by atomic mass is 10.1. The van der Waals surface area contributed by atoms with Gasteiger partial charge in [-0.2, -0.15) is 0 Å². The van der Waals surface area contributed by atoms with Crippen molar-refractivity contribution < 1.29 is 14.3 Å². The number of anilines is 1. The van der Waals surface area contributed by atoms with Crippen LogP contribution in [0.4, 0.5) is 5.69 Å². The lowest BCUT2D eigenvalue weighted by Crippen LogP contribution is -2.20. The van der Waals surface area contributed by atoms with Crippen LogP contribution in [0.1, 0.15) is 32.6 Å². The van der Waals surface area contributed by atoms with E-state index in [0.717, 1.165) is 24.3 Å². The molecule has 0 spiro atoms. The first kappa shape index (κ1) is 14.9. The van der Waals surface area contributed by atoms with Gasteiger partial charge in [-0.25, -0.2) is 0 Å². The SMILES string of the molecule is CCOCCOc1ccc(NC(=O)C2CCCC2)cc1. The van der Waals surface area contributed by atoms with Crippen molar-refractivity contribution in [3.63, 3.8) is 0 Å². The van der Waals surface area contributed by atoms with Crippen LogP contribution < -0.4 is 10.1 Å². The molecule has 1 aliphatic rings. The van der Waals surface area contributed by atoms with Crippen LogP contribution in [-0.2, 0) is 9.53 Å². The summed E-state index contributed by atoms with van der Waals surface area (Å²) in [6, 6.07) is 7.50. The minimum absolute atomic E-state index is 0.146. The van der Waals surface area contributed by atoms with E-state index in [-0.39, 0.29) is 11.8 Å². The summed E-state index contributed by atoms with van der Waals surface area (Å²) >= 11 is 0. The maximum Gasteiger partial charge on any atom is 0.227 e. The molecule has 0 heterocycles. The monoisotopic (exact) mass is 277 g/mol. The number of benzene rings is 1. The van der Waals surface area contributed by atoms with E-state index in [1.807, 2.05) is 31.2 Å². The van der Waals surface area contributed by atoms with Crippen molar-refractivity contribution in [1.29, 1.82) is 0 Å². The van der Waals surface area contributed by atoms with Crippen molar-refractivity contribution in [3.8, 4) is 5.75 Å². The zero-order valence-corrected chi connectivity index (χ0v) is 12.1. The van der Waals surface area contributed by atoms with Crippen LogP contribution in [0, 0.1) is 5.92 Å². The third kappa shape index (κ3) is 4.53. The van der Waals surface area contributed by atoms with Crippen LogP contribution in [0.25, 0.3) is 0 Å². The van der Waals surface area contributed by atoms with Crippen LogP contribution in [0.3, 0.4) is 0 Å². The van der Waals surface area contributed by atoms with Gasteiger partial charge in [0.25, 0.3) is 0 Å². The molecule has 1 fully saturated rings. The summed E-state index contributed by atoms with van der Waals surface area (Å²) in [6.07, 6.45) is 4.38. The molecule has 110 valence electrons. The maximum atomic E-state index is 12.0. The number of amides is 1. The lowest BCUT2D eigenvalue weighted by Gasteiger charge is -2.11. The van der Waals surface area contributed by atoms with E-state index in [1.165, 1.54) is 12.8 Å². The molecule has 0 bridgehead atoms. The van der Waals surface area contributed by atoms with E-state index < -0.39 is 0 Å². The summed E-state index contributed by atoms with van der Waals surface area (Å²) in [7, 11) is 0. The molecular formula is C16H23NO3. The van der Waals surface area contributed by atoms with E-state index in [4.69, 9.17) is 9.47 Å². The van der Waals surface area contributed by atoms with Crippen molar-refractivity contribution >= 4 is 11.6 Å². The highest BCUT2D eigenvalue weighted by Crippen LogP contribution is 2.26. The Labute approximate surface area is 120 Å². The highest BCUT2D eigenvalue weighted by molar-refractivity contribution is 5.92. The first-order chi connectivity index (χ1) is 9.79. The van der Waals surface area contributed by atoms with Gasteiger partial charge in [-0.15, -0.1) is 0 Å². The number of hydrogen-bond acceptors (Lipinski definition) is 3. The van der Waals surface area contributed by atoms with E-state index >= 15 is 0 Å². The number of carbonyl (C=O) groups excluding carboxylic acids is 1. The quantitative estimate of drug-likeness (QED) is 0.778. The molecule has 4 nitrogen and oxygen atoms in total. The average Bonchev–Trinajstić information content (AvgIpc) is 3.00. The predicted molar refractivity (Wildman–Crippen MR) is 79.0 cm³/mol. The molecule has 0 atom stereocenters. The van der Waals surface area contributed by atoms with Gasteiger partial charge in [-0.05, 0) is 44.0 Å². The third-order valence-electron chi connectivity index (χ3n) is 3.55. The Balaban J connectivity index is 1.77. The van der Waals surface area contributed by atoms with Gasteiger partial charge in [-0.3, -0.25) is 4.79 Å². The molecule has 20 heavy (non-hydrogen) atoms. The minimum Gasteiger partial charge on any atom is -0.491 e. The third-order valence-corrected chi connectivity index (χ3v) is 3.55. The molecule has 2 rings (SSSR count). The normalized spacial score (nSPS) is 15.2. The summed E-state index contributed by atoms with van der Waals surface area (Å²) in [5.74, 6) is 1.13. The van der Waals surface area contributed by atoms with Gasteiger partial charge < -0.3 is 14.8 Å². The molecule has 1 aromatic rings. The topological polar surface area (TPSA) is 47.6 Å². The number of hydrogen-bond donors (Lipinski definition) is 1. The van der Waals surface area contributed by atoms with Crippen LogP contribution in [0.5, 0.6) is 5.75 Å². The Bertz CT molecular complexity index is 410. The molecule has 1 amide bonds. The van der Waals surface area contributed by atoms with Crippen molar-refractivity contribution in [2.75, 3.05) is 25.1 Å². The molecule has 0 aliphatic heterocycles. The first-order valence-electron chi connectivity index (χ1n) is 7.41. The molecule has 1 N–H and O–H groups in total. The van der Waals surface area contributed by atoms with Crippen molar-refractivity contribution in [2.24, 2.45) is 5.92 Å². The maximum absolute atomic E-state index is 12.0. The fourth-order valence-electron chi connectivity index (χ4n) is 2.43. The summed E-state index contributed by atoms with van der Waals surface area (Å²) in [6.45, 7) is 3.80. The van der Waals surface area contributed by atoms with Crippen LogP contribution in [0.15, 0.2) is 24.3 Å². The summed E-state index contributed by atoms with van der Waals surface area (Å²) < 4.78 is 10.7. The van der Waals surface area contributed by atoms with E-state index in [2.05, 4.69) is 5.32 Å². The van der Waals surface area contributed by atoms with Crippen LogP contribution in [0.2, 0.25) is 0 Å². The Hall–Kier alpha value is -1.55. The van der Waals surface area contributed by atoms with Gasteiger partial charge in [-0.1, -0.05) is 12.8 Å². The van der Waals surface area contributed by atoms with Crippen LogP contribution in [-0.4, -0.2) is 25.7 Å². The second-order valence-corrected chi connectivity index (χ2v) is 5.04. The number of ether oxygens (including phenoxy) is 2. The van der Waals surface area contributed by atoms with Gasteiger partial charge in [0.05, 0.1) is 6.61 Å². The smallest absolute Gasteiger partial charge is 0.227 e. The summed E-state index contributed by atoms with van der Waals surface area (Å²) in [4.78, 5) is 12.0. The minimum atomic E-state index is 0.146. The number of rotatable bonds is 7. The predicted octanol–water partition coefficient (Wildman–Crippen LogP) is 3.23. The first-order valence-corrected chi connectivity index (χ1v) is 7.41. The number of nitrogens with one attached hydrogen (secondary N) is 1. The zero-order valence-electron chi connectivity index (χ0n) is 12.1. The second kappa shape index (κ2) is 7.90. The van der Waals surface area contributed by atoms with Gasteiger partial charge in [0.2, 0.25) is 5.91 Å². The summed E-state index contributed by atoms with van der Waals surface area (Å²) in [5.41, 5.74) is 0.832. The average molecular weight is 277 g/mol. The molecular weight excluding hydrogens is 254 g/mol. The van der Waals surface area contributed by atoms with E-state index in [9.17, 15) is 4.79 Å². The highest BCUT2D eigenvalue weighted by atomic mass is 16.5. The molecule has 0 aromatic heterocycles. The van der Waals surface area contributed by atoms with Gasteiger partial charge in [0.15, 0.2) is 0 Å². The van der Waals surface area contributed by atoms with Crippen molar-refractivity contribution in [1.82, 2.24) is 0 Å². The zero-order chi connectivity index (χ0) is 14.2. The van der Waals surface area contributed by atoms with Crippen LogP contribution >= 0.6 is 0 Å². The molecule has 0 saturated heterocycles. The Kier molecular flexibility index (Phi) is 5.87. The van der Waals surface area contributed by atoms with Gasteiger partial charge in [0, 0.05) is 18.2 Å². The molecule has 1 saturated carbocycles. The summed E-state index contributed by atoms with van der Waals surface area (Å²) in [5, 5.41) is 2.97. The Morgan fingerprint density at radius 3 is 2.55 bits per heavy atom. The fraction of sp³-hybridized carbons (Fsp3) is 0.562. The van der Waals surface area contributed by atoms with E-state index in [1.54, 1.807) is 0 Å². The van der Waals surface area contributed by atoms with Crippen molar-refractivity contribution in [2.45, 2.75) is 32.6 Å². The number of carbonyl (C=O) groups is 1. The fourth-order valence-corrected chi connectivity index (χ4v) is 2.43. The molecule has 1 aromatic carbocycles. The largest absolute Gasteiger partial charge is 0.491 e. The van der Waals surface area contributed by atoms with Gasteiger partial charge in [0.1, 0.15) is 12.4 Å². The van der Waals surface area contributed by atoms with Gasteiger partial charge >= 0.3 is 0 Å². The molecule has 4 heteroatoms. The molecule has 0 radical (unpaired) electrons. The Morgan fingerprint density at radius 1 is 1.20 bits per heavy atom. The van der Waals surface area contributed by atoms with E-state index in [0.29, 0.717) is 19.8 Å². The molecule has 1 aliphatic carbocycles. The Morgan fingerprint density at radius 2 is 1.90 bits per heavy atom.